The first kappa shape index (κ1) is 18.4. The molecule has 25 heavy (non-hydrogen) atoms. The van der Waals surface area contributed by atoms with Gasteiger partial charge in [-0.2, -0.15) is 0 Å². The molecule has 134 valence electrons. The zero-order valence-electron chi connectivity index (χ0n) is 14.3. The predicted molar refractivity (Wildman–Crippen MR) is 101 cm³/mol. The molecule has 0 radical (unpaired) electrons. The Morgan fingerprint density at radius 1 is 1.16 bits per heavy atom. The number of hydrogen-bond donors (Lipinski definition) is 1. The molecule has 1 aliphatic rings. The Morgan fingerprint density at radius 3 is 2.72 bits per heavy atom. The van der Waals surface area contributed by atoms with E-state index < -0.39 is 10.0 Å². The van der Waals surface area contributed by atoms with Gasteiger partial charge in [-0.15, -0.1) is 0 Å². The summed E-state index contributed by atoms with van der Waals surface area (Å²) in [6, 6.07) is 13.4. The van der Waals surface area contributed by atoms with Crippen LogP contribution in [-0.2, 0) is 23.0 Å². The van der Waals surface area contributed by atoms with Crippen molar-refractivity contribution >= 4 is 21.6 Å². The van der Waals surface area contributed by atoms with Crippen molar-refractivity contribution in [1.82, 2.24) is 9.62 Å². The van der Waals surface area contributed by atoms with Crippen molar-refractivity contribution in [1.29, 1.82) is 0 Å². The molecule has 0 saturated carbocycles. The fourth-order valence-corrected chi connectivity index (χ4v) is 4.77. The van der Waals surface area contributed by atoms with Gasteiger partial charge in [0.25, 0.3) is 0 Å². The second-order valence-electron chi connectivity index (χ2n) is 6.46. The average Bonchev–Trinajstić information content (AvgIpc) is 2.60. The third-order valence-electron chi connectivity index (χ3n) is 4.59. The maximum Gasteiger partial charge on any atom is 0.240 e. The molecule has 1 aliphatic heterocycles. The summed E-state index contributed by atoms with van der Waals surface area (Å²) in [5.41, 5.74) is 3.50. The lowest BCUT2D eigenvalue weighted by molar-refractivity contribution is 0.251. The normalized spacial score (nSPS) is 15.1. The third kappa shape index (κ3) is 4.61. The zero-order valence-corrected chi connectivity index (χ0v) is 15.9. The molecule has 3 rings (SSSR count). The van der Waals surface area contributed by atoms with Gasteiger partial charge in [-0.1, -0.05) is 41.9 Å². The Labute approximate surface area is 154 Å². The van der Waals surface area contributed by atoms with Crippen LogP contribution in [0.15, 0.2) is 47.4 Å². The van der Waals surface area contributed by atoms with E-state index in [-0.39, 0.29) is 4.90 Å². The summed E-state index contributed by atoms with van der Waals surface area (Å²) in [7, 11) is -3.52. The minimum absolute atomic E-state index is 0.256. The minimum Gasteiger partial charge on any atom is -0.299 e. The summed E-state index contributed by atoms with van der Waals surface area (Å²) in [4.78, 5) is 2.63. The molecule has 0 atom stereocenters. The van der Waals surface area contributed by atoms with Crippen LogP contribution < -0.4 is 4.72 Å². The van der Waals surface area contributed by atoms with E-state index in [4.69, 9.17) is 11.6 Å². The molecule has 1 N–H and O–H groups in total. The highest BCUT2D eigenvalue weighted by atomic mass is 35.5. The van der Waals surface area contributed by atoms with Crippen molar-refractivity contribution in [2.45, 2.75) is 31.2 Å². The summed E-state index contributed by atoms with van der Waals surface area (Å²) in [6.07, 6.45) is 1.84. The molecule has 6 heteroatoms. The molecule has 0 aromatic heterocycles. The molecule has 0 aliphatic carbocycles. The number of aryl methyl sites for hydroxylation is 1. The van der Waals surface area contributed by atoms with E-state index in [0.717, 1.165) is 32.5 Å². The van der Waals surface area contributed by atoms with Gasteiger partial charge in [0.05, 0.1) is 4.90 Å². The van der Waals surface area contributed by atoms with Crippen molar-refractivity contribution in [2.24, 2.45) is 0 Å². The van der Waals surface area contributed by atoms with Crippen LogP contribution in [0.1, 0.15) is 23.1 Å². The number of nitrogens with one attached hydrogen (secondary N) is 1. The highest BCUT2D eigenvalue weighted by molar-refractivity contribution is 7.89. The fourth-order valence-electron chi connectivity index (χ4n) is 3.20. The lowest BCUT2D eigenvalue weighted by Gasteiger charge is -2.28. The van der Waals surface area contributed by atoms with Gasteiger partial charge in [-0.3, -0.25) is 4.90 Å². The van der Waals surface area contributed by atoms with Crippen LogP contribution >= 0.6 is 11.6 Å². The maximum absolute atomic E-state index is 12.4. The van der Waals surface area contributed by atoms with Crippen LogP contribution in [0, 0.1) is 6.92 Å². The van der Waals surface area contributed by atoms with E-state index in [0.29, 0.717) is 17.1 Å². The van der Waals surface area contributed by atoms with Crippen LogP contribution in [0.25, 0.3) is 0 Å². The van der Waals surface area contributed by atoms with E-state index in [1.807, 2.05) is 0 Å². The quantitative estimate of drug-likeness (QED) is 0.784. The summed E-state index contributed by atoms with van der Waals surface area (Å²) in [5, 5.41) is 0.429. The number of fused-ring (bicyclic) bond motifs is 1. The molecule has 2 aromatic carbocycles. The first-order chi connectivity index (χ1) is 12.0. The van der Waals surface area contributed by atoms with Gasteiger partial charge in [-0.05, 0) is 55.1 Å². The third-order valence-corrected chi connectivity index (χ3v) is 6.43. The number of halogens is 1. The van der Waals surface area contributed by atoms with E-state index in [2.05, 4.69) is 33.9 Å². The molecule has 0 amide bonds. The van der Waals surface area contributed by atoms with Crippen LogP contribution in [0.3, 0.4) is 0 Å². The van der Waals surface area contributed by atoms with Gasteiger partial charge in [0.15, 0.2) is 0 Å². The molecular formula is C19H23ClN2O2S. The van der Waals surface area contributed by atoms with Gasteiger partial charge in [0.2, 0.25) is 10.0 Å². The topological polar surface area (TPSA) is 49.4 Å². The second kappa shape index (κ2) is 7.87. The van der Waals surface area contributed by atoms with Gasteiger partial charge in [0.1, 0.15) is 0 Å². The van der Waals surface area contributed by atoms with Gasteiger partial charge >= 0.3 is 0 Å². The fraction of sp³-hybridized carbons (Fsp3) is 0.368. The van der Waals surface area contributed by atoms with Crippen LogP contribution in [-0.4, -0.2) is 33.0 Å². The van der Waals surface area contributed by atoms with E-state index in [1.54, 1.807) is 19.1 Å². The summed E-state index contributed by atoms with van der Waals surface area (Å²) in [6.45, 7) is 5.04. The second-order valence-corrected chi connectivity index (χ2v) is 8.63. The van der Waals surface area contributed by atoms with E-state index in [9.17, 15) is 8.42 Å². The average molecular weight is 379 g/mol. The number of hydrogen-bond acceptors (Lipinski definition) is 3. The molecule has 0 spiro atoms. The summed E-state index contributed by atoms with van der Waals surface area (Å²) in [5.74, 6) is 0. The number of sulfonamides is 1. The molecule has 2 aromatic rings. The Hall–Kier alpha value is -1.40. The Morgan fingerprint density at radius 2 is 1.92 bits per heavy atom. The monoisotopic (exact) mass is 378 g/mol. The Kier molecular flexibility index (Phi) is 5.79. The smallest absolute Gasteiger partial charge is 0.240 e. The highest BCUT2D eigenvalue weighted by Crippen LogP contribution is 2.20. The van der Waals surface area contributed by atoms with Crippen molar-refractivity contribution in [3.63, 3.8) is 0 Å². The number of nitrogens with zero attached hydrogens (tertiary/aromatic N) is 1. The van der Waals surface area contributed by atoms with Crippen molar-refractivity contribution in [3.05, 3.63) is 64.2 Å². The standard InChI is InChI=1S/C19H23ClN2O2S/c1-15-7-8-18(20)13-19(15)25(23,24)21-10-4-11-22-12-9-16-5-2-3-6-17(16)14-22/h2-3,5-8,13,21H,4,9-12,14H2,1H3. The lowest BCUT2D eigenvalue weighted by Crippen LogP contribution is -2.33. The molecule has 0 fully saturated rings. The summed E-state index contributed by atoms with van der Waals surface area (Å²) < 4.78 is 27.6. The molecule has 0 unspecified atom stereocenters. The molecule has 4 nitrogen and oxygen atoms in total. The number of rotatable bonds is 6. The van der Waals surface area contributed by atoms with Gasteiger partial charge in [-0.25, -0.2) is 13.1 Å². The van der Waals surface area contributed by atoms with Gasteiger partial charge in [0, 0.05) is 24.7 Å². The maximum atomic E-state index is 12.4. The number of benzene rings is 2. The first-order valence-corrected chi connectivity index (χ1v) is 10.4. The molecular weight excluding hydrogens is 356 g/mol. The molecule has 0 bridgehead atoms. The van der Waals surface area contributed by atoms with Crippen molar-refractivity contribution in [3.8, 4) is 0 Å². The van der Waals surface area contributed by atoms with Crippen molar-refractivity contribution in [2.75, 3.05) is 19.6 Å². The van der Waals surface area contributed by atoms with E-state index in [1.165, 1.54) is 17.2 Å². The molecule has 0 saturated heterocycles. The zero-order chi connectivity index (χ0) is 17.9. The largest absolute Gasteiger partial charge is 0.299 e. The van der Waals surface area contributed by atoms with Crippen LogP contribution in [0.4, 0.5) is 0 Å². The molecule has 1 heterocycles. The Bertz CT molecular complexity index is 852. The first-order valence-electron chi connectivity index (χ1n) is 8.51. The lowest BCUT2D eigenvalue weighted by atomic mass is 10.00. The Balaban J connectivity index is 1.51. The van der Waals surface area contributed by atoms with Crippen LogP contribution in [0.5, 0.6) is 0 Å². The van der Waals surface area contributed by atoms with Crippen molar-refractivity contribution < 1.29 is 8.42 Å². The van der Waals surface area contributed by atoms with E-state index >= 15 is 0 Å². The summed E-state index contributed by atoms with van der Waals surface area (Å²) >= 11 is 5.93. The van der Waals surface area contributed by atoms with Gasteiger partial charge < -0.3 is 0 Å². The van der Waals surface area contributed by atoms with Crippen LogP contribution in [0.2, 0.25) is 5.02 Å². The minimum atomic E-state index is -3.52. The SMILES string of the molecule is Cc1ccc(Cl)cc1S(=O)(=O)NCCCN1CCc2ccccc2C1. The predicted octanol–water partition coefficient (Wildman–Crippen LogP) is 3.38. The highest BCUT2D eigenvalue weighted by Gasteiger charge is 2.18.